The normalized spacial score (nSPS) is 15.0. The van der Waals surface area contributed by atoms with Crippen LogP contribution in [-0.4, -0.2) is 44.2 Å². The van der Waals surface area contributed by atoms with Gasteiger partial charge in [-0.05, 0) is 44.9 Å². The second-order valence-corrected chi connectivity index (χ2v) is 6.36. The Hall–Kier alpha value is -2.08. The lowest BCUT2D eigenvalue weighted by Crippen LogP contribution is -2.38. The molecule has 2 unspecified atom stereocenters. The van der Waals surface area contributed by atoms with E-state index in [2.05, 4.69) is 9.78 Å². The predicted molar refractivity (Wildman–Crippen MR) is 96.8 cm³/mol. The number of benzene rings is 1. The fraction of sp³-hybridized carbons (Fsp3) is 0.556. The molecule has 0 amide bonds. The predicted octanol–water partition coefficient (Wildman–Crippen LogP) is 3.87. The number of aromatic carboxylic acids is 2. The van der Waals surface area contributed by atoms with Crippen LogP contribution < -0.4 is 0 Å². The molecule has 1 aromatic rings. The van der Waals surface area contributed by atoms with Crippen molar-refractivity contribution >= 4 is 11.9 Å². The average molecular weight is 404 g/mol. The van der Waals surface area contributed by atoms with Crippen molar-refractivity contribution in [2.24, 2.45) is 0 Å². The zero-order valence-corrected chi connectivity index (χ0v) is 16.8. The summed E-state index contributed by atoms with van der Waals surface area (Å²) in [5, 5.41) is 34.7. The van der Waals surface area contributed by atoms with Crippen molar-refractivity contribution in [3.8, 4) is 0 Å². The Morgan fingerprint density at radius 2 is 1.32 bits per heavy atom. The van der Waals surface area contributed by atoms with Crippen molar-refractivity contribution in [1.82, 2.24) is 0 Å². The highest BCUT2D eigenvalue weighted by Gasteiger charge is 2.33. The first kappa shape index (κ1) is 25.9. The molecule has 0 saturated heterocycles. The zero-order valence-electron chi connectivity index (χ0n) is 16.8. The van der Waals surface area contributed by atoms with Gasteiger partial charge in [-0.15, -0.1) is 0 Å². The number of hydrogen-bond donors (Lipinski definition) is 4. The second kappa shape index (κ2) is 11.1. The zero-order chi connectivity index (χ0) is 22.1. The molecule has 4 N–H and O–H groups in total. The van der Waals surface area contributed by atoms with E-state index in [9.17, 15) is 9.59 Å². The third kappa shape index (κ3) is 7.15. The second-order valence-electron chi connectivity index (χ2n) is 6.36. The minimum absolute atomic E-state index is 0.127. The highest BCUT2D eigenvalue weighted by Crippen LogP contribution is 2.23. The number of rotatable bonds is 9. The van der Waals surface area contributed by atoms with Crippen LogP contribution >= 0.6 is 0 Å². The molecular weight excluding hydrogens is 376 g/mol. The van der Waals surface area contributed by atoms with Crippen LogP contribution in [0, 0.1) is 13.8 Å². The number of carboxylic acids is 2. The van der Waals surface area contributed by atoms with Crippen LogP contribution in [0.25, 0.3) is 0 Å². The van der Waals surface area contributed by atoms with E-state index in [1.54, 1.807) is 33.8 Å². The van der Waals surface area contributed by atoms with E-state index >= 15 is 0 Å². The first-order chi connectivity index (χ1) is 12.9. The van der Waals surface area contributed by atoms with Gasteiger partial charge in [-0.3, -0.25) is 0 Å². The molecular formula is C18H28O10. The van der Waals surface area contributed by atoms with Crippen molar-refractivity contribution < 1.29 is 49.9 Å². The molecule has 0 heterocycles. The number of aryl methyl sites for hydroxylation is 1. The van der Waals surface area contributed by atoms with Crippen molar-refractivity contribution in [2.45, 2.75) is 66.0 Å². The van der Waals surface area contributed by atoms with E-state index in [1.807, 2.05) is 0 Å². The van der Waals surface area contributed by atoms with Gasteiger partial charge in [-0.25, -0.2) is 29.9 Å². The molecule has 28 heavy (non-hydrogen) atoms. The Bertz CT molecular complexity index is 645. The molecule has 0 fully saturated rings. The molecule has 0 aromatic heterocycles. The Labute approximate surface area is 163 Å². The molecule has 10 heteroatoms. The van der Waals surface area contributed by atoms with Crippen molar-refractivity contribution in [2.75, 3.05) is 0 Å². The lowest BCUT2D eigenvalue weighted by molar-refractivity contribution is -0.566. The van der Waals surface area contributed by atoms with Crippen LogP contribution in [0.4, 0.5) is 0 Å². The maximum atomic E-state index is 10.8. The molecule has 0 spiro atoms. The smallest absolute Gasteiger partial charge is 0.336 e. The molecule has 0 aliphatic carbocycles. The van der Waals surface area contributed by atoms with E-state index in [1.165, 1.54) is 19.9 Å². The molecule has 1 aromatic carbocycles. The van der Waals surface area contributed by atoms with Crippen LogP contribution in [0.15, 0.2) is 12.1 Å². The highest BCUT2D eigenvalue weighted by atomic mass is 17.3. The van der Waals surface area contributed by atoms with Gasteiger partial charge in [0.15, 0.2) is 0 Å². The van der Waals surface area contributed by atoms with Gasteiger partial charge in [-0.2, -0.15) is 9.78 Å². The van der Waals surface area contributed by atoms with Gasteiger partial charge in [0.2, 0.25) is 11.6 Å². The third-order valence-corrected chi connectivity index (χ3v) is 4.25. The summed E-state index contributed by atoms with van der Waals surface area (Å²) in [5.41, 5.74) is 0.975. The van der Waals surface area contributed by atoms with Gasteiger partial charge >= 0.3 is 11.9 Å². The summed E-state index contributed by atoms with van der Waals surface area (Å²) in [5.74, 6) is -4.96. The third-order valence-electron chi connectivity index (χ3n) is 4.25. The van der Waals surface area contributed by atoms with Gasteiger partial charge in [0, 0.05) is 12.8 Å². The molecule has 10 nitrogen and oxygen atoms in total. The van der Waals surface area contributed by atoms with Crippen molar-refractivity contribution in [3.05, 3.63) is 34.4 Å². The molecule has 0 saturated carbocycles. The van der Waals surface area contributed by atoms with Gasteiger partial charge in [0.05, 0.1) is 11.1 Å². The molecule has 160 valence electrons. The Morgan fingerprint density at radius 1 is 0.893 bits per heavy atom. The standard InChI is InChI=1S/C10H10O4.C8H18O6/c1-5-3-4-7(9(11)12)8(6(5)2)10(13)14;1-5-7(3,11-9)13-14-8(4,6-2)12-10/h3-4H,1-2H3,(H,11,12)(H,13,14);9-10H,5-6H2,1-4H3. The first-order valence-corrected chi connectivity index (χ1v) is 8.49. The van der Waals surface area contributed by atoms with Crippen molar-refractivity contribution in [1.29, 1.82) is 0 Å². The van der Waals surface area contributed by atoms with Crippen LogP contribution in [0.3, 0.4) is 0 Å². The average Bonchev–Trinajstić information content (AvgIpc) is 2.67. The number of carboxylic acid groups (broad SMARTS) is 2. The van der Waals surface area contributed by atoms with E-state index in [0.29, 0.717) is 18.4 Å². The summed E-state index contributed by atoms with van der Waals surface area (Å²) >= 11 is 0. The minimum atomic E-state index is -1.27. The van der Waals surface area contributed by atoms with Gasteiger partial charge < -0.3 is 10.2 Å². The lowest BCUT2D eigenvalue weighted by Gasteiger charge is -2.29. The largest absolute Gasteiger partial charge is 0.478 e. The summed E-state index contributed by atoms with van der Waals surface area (Å²) < 4.78 is 0. The quantitative estimate of drug-likeness (QED) is 0.271. The highest BCUT2D eigenvalue weighted by molar-refractivity contribution is 6.02. The van der Waals surface area contributed by atoms with E-state index in [0.717, 1.165) is 5.56 Å². The Kier molecular flexibility index (Phi) is 10.2. The van der Waals surface area contributed by atoms with Crippen LogP contribution in [0.5, 0.6) is 0 Å². The van der Waals surface area contributed by atoms with Gasteiger partial charge in [0.25, 0.3) is 0 Å². The summed E-state index contributed by atoms with van der Waals surface area (Å²) in [6, 6.07) is 2.92. The number of hydrogen-bond acceptors (Lipinski definition) is 8. The van der Waals surface area contributed by atoms with E-state index < -0.39 is 23.5 Å². The fourth-order valence-electron chi connectivity index (χ4n) is 1.72. The number of carbonyl (C=O) groups is 2. The first-order valence-electron chi connectivity index (χ1n) is 8.49. The summed E-state index contributed by atoms with van der Waals surface area (Å²) in [7, 11) is 0. The molecule has 2 atom stereocenters. The SMILES string of the molecule is CCC(C)(OO)OOC(C)(CC)OO.Cc1ccc(C(=O)O)c(C(=O)O)c1C. The summed E-state index contributed by atoms with van der Waals surface area (Å²) in [6.45, 7) is 9.80. The van der Waals surface area contributed by atoms with E-state index in [4.69, 9.17) is 30.5 Å². The molecule has 0 aliphatic heterocycles. The fourth-order valence-corrected chi connectivity index (χ4v) is 1.72. The molecule has 1 rings (SSSR count). The molecule has 0 aliphatic rings. The maximum Gasteiger partial charge on any atom is 0.336 e. The lowest BCUT2D eigenvalue weighted by atomic mass is 9.98. The van der Waals surface area contributed by atoms with Gasteiger partial charge in [0.1, 0.15) is 0 Å². The molecule has 0 bridgehead atoms. The Balaban J connectivity index is 0.000000521. The summed E-state index contributed by atoms with van der Waals surface area (Å²) in [4.78, 5) is 39.4. The minimum Gasteiger partial charge on any atom is -0.478 e. The van der Waals surface area contributed by atoms with E-state index in [-0.39, 0.29) is 11.1 Å². The molecule has 0 radical (unpaired) electrons. The van der Waals surface area contributed by atoms with Crippen molar-refractivity contribution in [3.63, 3.8) is 0 Å². The van der Waals surface area contributed by atoms with Crippen LogP contribution in [0.1, 0.15) is 72.4 Å². The Morgan fingerprint density at radius 3 is 1.61 bits per heavy atom. The van der Waals surface area contributed by atoms with Crippen LogP contribution in [-0.2, 0) is 19.6 Å². The topological polar surface area (TPSA) is 152 Å². The van der Waals surface area contributed by atoms with Crippen LogP contribution in [0.2, 0.25) is 0 Å². The maximum absolute atomic E-state index is 10.8. The van der Waals surface area contributed by atoms with Gasteiger partial charge in [-0.1, -0.05) is 19.9 Å². The monoisotopic (exact) mass is 404 g/mol. The summed E-state index contributed by atoms with van der Waals surface area (Å²) in [6.07, 6.45) is 0.740.